The molecule has 2 aliphatic heterocycles. The second kappa shape index (κ2) is 5.50. The van der Waals surface area contributed by atoms with Crippen molar-refractivity contribution in [2.45, 2.75) is 77.0 Å². The molecule has 3 fully saturated rings. The molecule has 2 heterocycles. The van der Waals surface area contributed by atoms with E-state index in [4.69, 9.17) is 4.74 Å². The van der Waals surface area contributed by atoms with Crippen LogP contribution in [0, 0.1) is 17.8 Å². The van der Waals surface area contributed by atoms with Gasteiger partial charge in [-0.1, -0.05) is 26.7 Å². The maximum atomic E-state index is 5.96. The molecule has 2 nitrogen and oxygen atoms in total. The molecule has 0 aromatic rings. The second-order valence-electron chi connectivity index (χ2n) is 7.08. The van der Waals surface area contributed by atoms with Gasteiger partial charge in [-0.3, -0.25) is 0 Å². The zero-order valence-electron chi connectivity index (χ0n) is 12.0. The SMILES string of the molecule is CC(C)C1CCCCC1NCC1CC2CCC1O2. The number of hydrogen-bond donors (Lipinski definition) is 1. The zero-order valence-corrected chi connectivity index (χ0v) is 12.0. The fourth-order valence-electron chi connectivity index (χ4n) is 4.47. The van der Waals surface area contributed by atoms with Gasteiger partial charge in [0.05, 0.1) is 12.2 Å². The fourth-order valence-corrected chi connectivity index (χ4v) is 4.47. The van der Waals surface area contributed by atoms with Gasteiger partial charge in [0.2, 0.25) is 0 Å². The summed E-state index contributed by atoms with van der Waals surface area (Å²) in [6.45, 7) is 5.99. The highest BCUT2D eigenvalue weighted by Gasteiger charge is 2.40. The molecule has 5 unspecified atom stereocenters. The van der Waals surface area contributed by atoms with Gasteiger partial charge >= 0.3 is 0 Å². The smallest absolute Gasteiger partial charge is 0.0621 e. The van der Waals surface area contributed by atoms with Gasteiger partial charge in [0, 0.05) is 18.5 Å². The lowest BCUT2D eigenvalue weighted by molar-refractivity contribution is 0.0904. The van der Waals surface area contributed by atoms with E-state index in [2.05, 4.69) is 19.2 Å². The topological polar surface area (TPSA) is 21.3 Å². The van der Waals surface area contributed by atoms with E-state index < -0.39 is 0 Å². The molecule has 0 amide bonds. The molecule has 0 aromatic carbocycles. The molecule has 2 bridgehead atoms. The van der Waals surface area contributed by atoms with Crippen molar-refractivity contribution < 1.29 is 4.74 Å². The second-order valence-corrected chi connectivity index (χ2v) is 7.08. The first kappa shape index (κ1) is 12.9. The molecule has 3 aliphatic rings. The summed E-state index contributed by atoms with van der Waals surface area (Å²) in [5, 5.41) is 3.90. The van der Waals surface area contributed by atoms with Crippen LogP contribution in [0.15, 0.2) is 0 Å². The Morgan fingerprint density at radius 1 is 1.11 bits per heavy atom. The van der Waals surface area contributed by atoms with Crippen molar-refractivity contribution in [3.63, 3.8) is 0 Å². The molecule has 0 spiro atoms. The van der Waals surface area contributed by atoms with Crippen molar-refractivity contribution in [3.05, 3.63) is 0 Å². The van der Waals surface area contributed by atoms with Crippen molar-refractivity contribution in [1.82, 2.24) is 5.32 Å². The lowest BCUT2D eigenvalue weighted by Crippen LogP contribution is -2.44. The number of hydrogen-bond acceptors (Lipinski definition) is 2. The first-order chi connectivity index (χ1) is 8.74. The number of fused-ring (bicyclic) bond motifs is 2. The van der Waals surface area contributed by atoms with E-state index in [1.165, 1.54) is 51.5 Å². The van der Waals surface area contributed by atoms with Crippen LogP contribution in [-0.4, -0.2) is 24.8 Å². The van der Waals surface area contributed by atoms with E-state index in [0.717, 1.165) is 23.8 Å². The Kier molecular flexibility index (Phi) is 3.95. The third-order valence-electron chi connectivity index (χ3n) is 5.55. The number of rotatable bonds is 4. The zero-order chi connectivity index (χ0) is 12.5. The van der Waals surface area contributed by atoms with Crippen molar-refractivity contribution in [3.8, 4) is 0 Å². The Balaban J connectivity index is 1.49. The summed E-state index contributed by atoms with van der Waals surface area (Å²) in [6, 6.07) is 0.776. The number of ether oxygens (including phenoxy) is 1. The predicted molar refractivity (Wildman–Crippen MR) is 74.6 cm³/mol. The summed E-state index contributed by atoms with van der Waals surface area (Å²) in [6.07, 6.45) is 10.8. The van der Waals surface area contributed by atoms with E-state index in [9.17, 15) is 0 Å². The maximum absolute atomic E-state index is 5.96. The first-order valence-corrected chi connectivity index (χ1v) is 8.13. The third-order valence-corrected chi connectivity index (χ3v) is 5.55. The average molecular weight is 251 g/mol. The molecule has 1 aliphatic carbocycles. The lowest BCUT2D eigenvalue weighted by atomic mass is 9.77. The van der Waals surface area contributed by atoms with E-state index in [-0.39, 0.29) is 0 Å². The average Bonchev–Trinajstić information content (AvgIpc) is 2.98. The molecule has 2 saturated heterocycles. The molecule has 0 radical (unpaired) electrons. The summed E-state index contributed by atoms with van der Waals surface area (Å²) < 4.78 is 5.96. The van der Waals surface area contributed by atoms with Gasteiger partial charge in [0.1, 0.15) is 0 Å². The normalized spacial score (nSPS) is 43.8. The van der Waals surface area contributed by atoms with Gasteiger partial charge in [0.25, 0.3) is 0 Å². The molecule has 5 atom stereocenters. The highest BCUT2D eigenvalue weighted by Crippen LogP contribution is 2.39. The molecule has 0 aromatic heterocycles. The largest absolute Gasteiger partial charge is 0.375 e. The van der Waals surface area contributed by atoms with E-state index >= 15 is 0 Å². The van der Waals surface area contributed by atoms with Crippen LogP contribution in [0.5, 0.6) is 0 Å². The molecule has 1 saturated carbocycles. The Morgan fingerprint density at radius 2 is 1.94 bits per heavy atom. The summed E-state index contributed by atoms with van der Waals surface area (Å²) >= 11 is 0. The summed E-state index contributed by atoms with van der Waals surface area (Å²) in [4.78, 5) is 0. The minimum atomic E-state index is 0.587. The van der Waals surface area contributed by atoms with E-state index in [0.29, 0.717) is 12.2 Å². The van der Waals surface area contributed by atoms with Crippen LogP contribution in [0.25, 0.3) is 0 Å². The molecule has 2 heteroatoms. The lowest BCUT2D eigenvalue weighted by Gasteiger charge is -2.36. The molecular formula is C16H29NO. The number of nitrogens with one attached hydrogen (secondary N) is 1. The monoisotopic (exact) mass is 251 g/mol. The molecular weight excluding hydrogens is 222 g/mol. The van der Waals surface area contributed by atoms with E-state index in [1.807, 2.05) is 0 Å². The first-order valence-electron chi connectivity index (χ1n) is 8.13. The quantitative estimate of drug-likeness (QED) is 0.827. The van der Waals surface area contributed by atoms with Gasteiger partial charge in [-0.2, -0.15) is 0 Å². The summed E-state index contributed by atoms with van der Waals surface area (Å²) in [7, 11) is 0. The van der Waals surface area contributed by atoms with Gasteiger partial charge in [-0.05, 0) is 43.9 Å². The van der Waals surface area contributed by atoms with Crippen LogP contribution in [0.4, 0.5) is 0 Å². The van der Waals surface area contributed by atoms with Gasteiger partial charge < -0.3 is 10.1 Å². The van der Waals surface area contributed by atoms with E-state index in [1.54, 1.807) is 0 Å². The van der Waals surface area contributed by atoms with Gasteiger partial charge in [0.15, 0.2) is 0 Å². The van der Waals surface area contributed by atoms with Crippen molar-refractivity contribution in [2.24, 2.45) is 17.8 Å². The van der Waals surface area contributed by atoms with Crippen LogP contribution in [-0.2, 0) is 4.74 Å². The highest BCUT2D eigenvalue weighted by molar-refractivity contribution is 4.92. The summed E-state index contributed by atoms with van der Waals surface area (Å²) in [5.41, 5.74) is 0. The van der Waals surface area contributed by atoms with Crippen LogP contribution in [0.2, 0.25) is 0 Å². The Hall–Kier alpha value is -0.0800. The van der Waals surface area contributed by atoms with Crippen LogP contribution in [0.1, 0.15) is 58.8 Å². The Labute approximate surface area is 112 Å². The van der Waals surface area contributed by atoms with Crippen molar-refractivity contribution >= 4 is 0 Å². The van der Waals surface area contributed by atoms with Gasteiger partial charge in [-0.15, -0.1) is 0 Å². The molecule has 104 valence electrons. The molecule has 18 heavy (non-hydrogen) atoms. The standard InChI is InChI=1S/C16H29NO/c1-11(2)14-5-3-4-6-15(14)17-10-12-9-13-7-8-16(12)18-13/h11-17H,3-10H2,1-2H3. The molecule has 1 N–H and O–H groups in total. The fraction of sp³-hybridized carbons (Fsp3) is 1.00. The van der Waals surface area contributed by atoms with Crippen molar-refractivity contribution in [2.75, 3.05) is 6.54 Å². The maximum Gasteiger partial charge on any atom is 0.0621 e. The minimum Gasteiger partial charge on any atom is -0.375 e. The summed E-state index contributed by atoms with van der Waals surface area (Å²) in [5.74, 6) is 2.54. The molecule has 3 rings (SSSR count). The Morgan fingerprint density at radius 3 is 2.61 bits per heavy atom. The van der Waals surface area contributed by atoms with Crippen molar-refractivity contribution in [1.29, 1.82) is 0 Å². The minimum absolute atomic E-state index is 0.587. The van der Waals surface area contributed by atoms with Gasteiger partial charge in [-0.25, -0.2) is 0 Å². The van der Waals surface area contributed by atoms with Crippen LogP contribution in [0.3, 0.4) is 0 Å². The van der Waals surface area contributed by atoms with Crippen LogP contribution >= 0.6 is 0 Å². The highest BCUT2D eigenvalue weighted by atomic mass is 16.5. The Bertz CT molecular complexity index is 278. The predicted octanol–water partition coefficient (Wildman–Crippen LogP) is 3.36. The van der Waals surface area contributed by atoms with Crippen LogP contribution < -0.4 is 5.32 Å². The third kappa shape index (κ3) is 2.60.